The summed E-state index contributed by atoms with van der Waals surface area (Å²) in [7, 11) is -3.78. The average molecular weight is 316 g/mol. The van der Waals surface area contributed by atoms with E-state index in [1.165, 1.54) is 12.1 Å². The summed E-state index contributed by atoms with van der Waals surface area (Å²) in [5, 5.41) is 0. The van der Waals surface area contributed by atoms with Crippen molar-refractivity contribution in [3.63, 3.8) is 0 Å². The quantitative estimate of drug-likeness (QED) is 0.801. The largest absolute Gasteiger partial charge is 0.483 e. The smallest absolute Gasteiger partial charge is 0.297 e. The van der Waals surface area contributed by atoms with E-state index in [-0.39, 0.29) is 17.6 Å². The molecule has 22 heavy (non-hydrogen) atoms. The molecule has 1 aromatic carbocycles. The molecule has 0 saturated heterocycles. The first-order valence-electron chi connectivity index (χ1n) is 6.93. The molecular weight excluding hydrogens is 300 g/mol. The molecule has 0 fully saturated rings. The van der Waals surface area contributed by atoms with Crippen LogP contribution >= 0.6 is 0 Å². The van der Waals surface area contributed by atoms with Gasteiger partial charge in [-0.1, -0.05) is 42.0 Å². The van der Waals surface area contributed by atoms with Gasteiger partial charge in [0.05, 0.1) is 4.90 Å². The number of hydrogen-bond acceptors (Lipinski definition) is 4. The zero-order valence-corrected chi connectivity index (χ0v) is 12.9. The van der Waals surface area contributed by atoms with Crippen LogP contribution in [0.5, 0.6) is 0 Å². The Balaban J connectivity index is 1.69. The molecule has 0 saturated carbocycles. The SMILES string of the molecule is Cc1ccc(S(=O)(=O)OCC2=CC=C3C=CC=CC3O2)cc1. The fraction of sp³-hybridized carbons (Fsp3) is 0.176. The van der Waals surface area contributed by atoms with Crippen LogP contribution in [-0.4, -0.2) is 21.1 Å². The van der Waals surface area contributed by atoms with Crippen LogP contribution in [0.3, 0.4) is 0 Å². The highest BCUT2D eigenvalue weighted by molar-refractivity contribution is 7.86. The van der Waals surface area contributed by atoms with Crippen molar-refractivity contribution in [1.29, 1.82) is 0 Å². The maximum absolute atomic E-state index is 12.1. The number of hydrogen-bond donors (Lipinski definition) is 0. The third-order valence-corrected chi connectivity index (χ3v) is 4.70. The molecule has 0 bridgehead atoms. The Bertz CT molecular complexity index is 780. The molecule has 3 rings (SSSR count). The van der Waals surface area contributed by atoms with Crippen LogP contribution in [0.1, 0.15) is 5.56 Å². The molecule has 1 aliphatic carbocycles. The Kier molecular flexibility index (Phi) is 4.00. The summed E-state index contributed by atoms with van der Waals surface area (Å²) in [6, 6.07) is 6.54. The summed E-state index contributed by atoms with van der Waals surface area (Å²) in [4.78, 5) is 0.145. The van der Waals surface area contributed by atoms with Crippen molar-refractivity contribution in [1.82, 2.24) is 0 Å². The van der Waals surface area contributed by atoms with Crippen LogP contribution < -0.4 is 0 Å². The van der Waals surface area contributed by atoms with E-state index in [1.54, 1.807) is 18.2 Å². The first kappa shape index (κ1) is 14.8. The molecule has 4 nitrogen and oxygen atoms in total. The maximum atomic E-state index is 12.1. The van der Waals surface area contributed by atoms with E-state index in [9.17, 15) is 8.42 Å². The molecule has 1 aliphatic heterocycles. The van der Waals surface area contributed by atoms with Crippen molar-refractivity contribution in [3.8, 4) is 0 Å². The lowest BCUT2D eigenvalue weighted by atomic mass is 10.0. The standard InChI is InChI=1S/C17H16O4S/c1-13-6-10-16(11-7-13)22(18,19)20-12-15-9-8-14-4-2-3-5-17(14)21-15/h2-11,17H,12H2,1H3. The van der Waals surface area contributed by atoms with Gasteiger partial charge in [0.2, 0.25) is 0 Å². The Morgan fingerprint density at radius 3 is 2.68 bits per heavy atom. The summed E-state index contributed by atoms with van der Waals surface area (Å²) in [5.41, 5.74) is 2.03. The lowest BCUT2D eigenvalue weighted by Gasteiger charge is -2.23. The minimum Gasteiger partial charge on any atom is -0.483 e. The molecule has 0 amide bonds. The van der Waals surface area contributed by atoms with Crippen molar-refractivity contribution in [2.24, 2.45) is 0 Å². The summed E-state index contributed by atoms with van der Waals surface area (Å²) in [6.45, 7) is 1.78. The van der Waals surface area contributed by atoms with E-state index in [0.29, 0.717) is 5.76 Å². The van der Waals surface area contributed by atoms with Crippen LogP contribution in [0.15, 0.2) is 76.9 Å². The Labute approximate surface area is 130 Å². The summed E-state index contributed by atoms with van der Waals surface area (Å²) in [6.07, 6.45) is 11.2. The maximum Gasteiger partial charge on any atom is 0.297 e. The van der Waals surface area contributed by atoms with Crippen LogP contribution in [0.2, 0.25) is 0 Å². The lowest BCUT2D eigenvalue weighted by Crippen LogP contribution is -2.20. The van der Waals surface area contributed by atoms with Crippen LogP contribution in [0, 0.1) is 6.92 Å². The fourth-order valence-corrected chi connectivity index (χ4v) is 3.05. The number of aryl methyl sites for hydroxylation is 1. The van der Waals surface area contributed by atoms with E-state index < -0.39 is 10.1 Å². The monoisotopic (exact) mass is 316 g/mol. The van der Waals surface area contributed by atoms with Gasteiger partial charge in [0.1, 0.15) is 18.5 Å². The molecule has 0 N–H and O–H groups in total. The number of fused-ring (bicyclic) bond motifs is 1. The topological polar surface area (TPSA) is 52.6 Å². The van der Waals surface area contributed by atoms with Crippen LogP contribution in [-0.2, 0) is 19.0 Å². The summed E-state index contributed by atoms with van der Waals surface area (Å²) in [5.74, 6) is 0.490. The first-order chi connectivity index (χ1) is 10.5. The molecule has 0 radical (unpaired) electrons. The van der Waals surface area contributed by atoms with Crippen molar-refractivity contribution in [2.75, 3.05) is 6.61 Å². The third-order valence-electron chi connectivity index (χ3n) is 3.42. The summed E-state index contributed by atoms with van der Waals surface area (Å²) >= 11 is 0. The van der Waals surface area contributed by atoms with Gasteiger partial charge in [-0.15, -0.1) is 0 Å². The second-order valence-corrected chi connectivity index (χ2v) is 6.73. The third kappa shape index (κ3) is 3.21. The second-order valence-electron chi connectivity index (χ2n) is 5.11. The van der Waals surface area contributed by atoms with Gasteiger partial charge in [0, 0.05) is 0 Å². The van der Waals surface area contributed by atoms with E-state index in [1.807, 2.05) is 37.3 Å². The number of benzene rings is 1. The highest BCUT2D eigenvalue weighted by Crippen LogP contribution is 2.24. The molecule has 1 unspecified atom stereocenters. The highest BCUT2D eigenvalue weighted by atomic mass is 32.2. The number of allylic oxidation sites excluding steroid dienone is 4. The van der Waals surface area contributed by atoms with Gasteiger partial charge in [0.25, 0.3) is 10.1 Å². The van der Waals surface area contributed by atoms with Crippen LogP contribution in [0.25, 0.3) is 0 Å². The van der Waals surface area contributed by atoms with E-state index >= 15 is 0 Å². The molecule has 114 valence electrons. The average Bonchev–Trinajstić information content (AvgIpc) is 2.53. The van der Waals surface area contributed by atoms with E-state index in [2.05, 4.69) is 0 Å². The minimum absolute atomic E-state index is 0.117. The highest BCUT2D eigenvalue weighted by Gasteiger charge is 2.21. The zero-order valence-electron chi connectivity index (χ0n) is 12.1. The Morgan fingerprint density at radius 2 is 1.91 bits per heavy atom. The van der Waals surface area contributed by atoms with Crippen LogP contribution in [0.4, 0.5) is 0 Å². The fourth-order valence-electron chi connectivity index (χ4n) is 2.18. The molecule has 0 spiro atoms. The molecule has 2 aliphatic rings. The number of ether oxygens (including phenoxy) is 1. The van der Waals surface area contributed by atoms with Gasteiger partial charge in [-0.05, 0) is 36.8 Å². The van der Waals surface area contributed by atoms with E-state index in [0.717, 1.165) is 11.1 Å². The van der Waals surface area contributed by atoms with Crippen molar-refractivity contribution >= 4 is 10.1 Å². The predicted molar refractivity (Wildman–Crippen MR) is 83.6 cm³/mol. The van der Waals surface area contributed by atoms with Crippen molar-refractivity contribution in [3.05, 3.63) is 77.6 Å². The van der Waals surface area contributed by atoms with E-state index in [4.69, 9.17) is 8.92 Å². The van der Waals surface area contributed by atoms with Crippen molar-refractivity contribution in [2.45, 2.75) is 17.9 Å². The second kappa shape index (κ2) is 5.94. The van der Waals surface area contributed by atoms with Gasteiger partial charge in [0.15, 0.2) is 0 Å². The Hall–Kier alpha value is -2.11. The minimum atomic E-state index is -3.78. The molecular formula is C17H16O4S. The summed E-state index contributed by atoms with van der Waals surface area (Å²) < 4.78 is 35.0. The Morgan fingerprint density at radius 1 is 1.14 bits per heavy atom. The van der Waals surface area contributed by atoms with Crippen molar-refractivity contribution < 1.29 is 17.3 Å². The molecule has 5 heteroatoms. The molecule has 1 heterocycles. The van der Waals surface area contributed by atoms with Gasteiger partial charge < -0.3 is 4.74 Å². The van der Waals surface area contributed by atoms with Gasteiger partial charge in [-0.2, -0.15) is 8.42 Å². The first-order valence-corrected chi connectivity index (χ1v) is 8.34. The predicted octanol–water partition coefficient (Wildman–Crippen LogP) is 3.04. The molecule has 0 aromatic heterocycles. The number of rotatable bonds is 4. The van der Waals surface area contributed by atoms with Gasteiger partial charge in [-0.3, -0.25) is 4.18 Å². The molecule has 1 aromatic rings. The van der Waals surface area contributed by atoms with Gasteiger partial charge in [-0.25, -0.2) is 0 Å². The lowest BCUT2D eigenvalue weighted by molar-refractivity contribution is 0.145. The normalized spacial score (nSPS) is 20.0. The van der Waals surface area contributed by atoms with Gasteiger partial charge >= 0.3 is 0 Å². The molecule has 1 atom stereocenters. The zero-order chi connectivity index (χ0) is 15.6.